The number of hydrogen-bond acceptors (Lipinski definition) is 5. The van der Waals surface area contributed by atoms with Gasteiger partial charge in [0.1, 0.15) is 0 Å². The van der Waals surface area contributed by atoms with Crippen molar-refractivity contribution in [2.75, 3.05) is 5.32 Å². The second-order valence-electron chi connectivity index (χ2n) is 7.06. The summed E-state index contributed by atoms with van der Waals surface area (Å²) < 4.78 is 1.66. The molecule has 2 aliphatic carbocycles. The molecule has 2 saturated carbocycles. The molecule has 2 fully saturated rings. The molecule has 2 aromatic rings. The van der Waals surface area contributed by atoms with Crippen molar-refractivity contribution >= 4 is 23.2 Å². The number of anilines is 1. The first kappa shape index (κ1) is 16.5. The number of nitrogens with two attached hydrogens (primary N) is 1. The van der Waals surface area contributed by atoms with Gasteiger partial charge in [0.25, 0.3) is 0 Å². The fraction of sp³-hybridized carbons (Fsp3) is 0.529. The Morgan fingerprint density at radius 2 is 2.04 bits per heavy atom. The molecule has 2 aliphatic rings. The zero-order chi connectivity index (χ0) is 17.4. The van der Waals surface area contributed by atoms with E-state index in [1.54, 1.807) is 22.9 Å². The Kier molecular flexibility index (Phi) is 4.21. The molecule has 3 N–H and O–H groups in total. The van der Waals surface area contributed by atoms with E-state index in [1.165, 1.54) is 0 Å². The summed E-state index contributed by atoms with van der Waals surface area (Å²) in [4.78, 5) is 12.6. The molecule has 1 amide bonds. The lowest BCUT2D eigenvalue weighted by molar-refractivity contribution is -0.122. The van der Waals surface area contributed by atoms with Gasteiger partial charge >= 0.3 is 0 Å². The molecule has 25 heavy (non-hydrogen) atoms. The molecule has 0 spiro atoms. The van der Waals surface area contributed by atoms with Crippen LogP contribution in [-0.4, -0.2) is 31.7 Å². The Bertz CT molecular complexity index is 794. The molecule has 132 valence electrons. The number of halogens is 1. The molecular formula is C17H21ClN6O. The molecule has 1 heterocycles. The van der Waals surface area contributed by atoms with E-state index in [2.05, 4.69) is 20.8 Å². The van der Waals surface area contributed by atoms with Crippen molar-refractivity contribution < 1.29 is 4.79 Å². The fourth-order valence-corrected chi connectivity index (χ4v) is 3.58. The van der Waals surface area contributed by atoms with Gasteiger partial charge in [-0.1, -0.05) is 30.9 Å². The van der Waals surface area contributed by atoms with Gasteiger partial charge in [-0.2, -0.15) is 4.68 Å². The summed E-state index contributed by atoms with van der Waals surface area (Å²) in [7, 11) is 0. The summed E-state index contributed by atoms with van der Waals surface area (Å²) in [5, 5.41) is 15.4. The van der Waals surface area contributed by atoms with Crippen molar-refractivity contribution in [2.24, 2.45) is 5.73 Å². The van der Waals surface area contributed by atoms with Crippen LogP contribution in [0.25, 0.3) is 5.69 Å². The Labute approximate surface area is 150 Å². The Morgan fingerprint density at radius 1 is 1.28 bits per heavy atom. The van der Waals surface area contributed by atoms with E-state index < -0.39 is 5.54 Å². The van der Waals surface area contributed by atoms with Crippen LogP contribution in [0.2, 0.25) is 5.02 Å². The quantitative estimate of drug-likeness (QED) is 0.873. The van der Waals surface area contributed by atoms with Gasteiger partial charge in [0.05, 0.1) is 16.2 Å². The third-order valence-electron chi connectivity index (χ3n) is 5.07. The van der Waals surface area contributed by atoms with Crippen molar-refractivity contribution in [3.63, 3.8) is 0 Å². The number of nitrogens with one attached hydrogen (secondary N) is 1. The number of aromatic nitrogens is 4. The van der Waals surface area contributed by atoms with Gasteiger partial charge in [0.15, 0.2) is 5.82 Å². The van der Waals surface area contributed by atoms with Gasteiger partial charge in [-0.15, -0.1) is 5.10 Å². The van der Waals surface area contributed by atoms with Gasteiger partial charge in [0.2, 0.25) is 5.91 Å². The topological polar surface area (TPSA) is 98.7 Å². The number of hydrogen-bond donors (Lipinski definition) is 2. The molecule has 1 aromatic carbocycles. The number of rotatable bonds is 4. The Balaban J connectivity index is 1.59. The minimum Gasteiger partial charge on any atom is -0.324 e. The first-order valence-electron chi connectivity index (χ1n) is 8.75. The fourth-order valence-electron chi connectivity index (χ4n) is 3.38. The van der Waals surface area contributed by atoms with E-state index in [9.17, 15) is 4.79 Å². The maximum Gasteiger partial charge on any atom is 0.244 e. The average molecular weight is 361 g/mol. The number of carbonyl (C=O) groups excluding carboxylic acids is 1. The van der Waals surface area contributed by atoms with Crippen LogP contribution in [0.5, 0.6) is 0 Å². The van der Waals surface area contributed by atoms with E-state index >= 15 is 0 Å². The molecule has 4 rings (SSSR count). The lowest BCUT2D eigenvalue weighted by Gasteiger charge is -2.31. The van der Waals surface area contributed by atoms with Crippen LogP contribution in [-0.2, 0) is 4.79 Å². The van der Waals surface area contributed by atoms with Crippen molar-refractivity contribution in [2.45, 2.75) is 56.4 Å². The van der Waals surface area contributed by atoms with Crippen LogP contribution < -0.4 is 11.1 Å². The molecule has 0 unspecified atom stereocenters. The van der Waals surface area contributed by atoms with Gasteiger partial charge < -0.3 is 11.1 Å². The minimum atomic E-state index is -0.786. The van der Waals surface area contributed by atoms with Crippen LogP contribution in [0.3, 0.4) is 0 Å². The summed E-state index contributed by atoms with van der Waals surface area (Å²) in [5.74, 6) is 1.06. The second kappa shape index (κ2) is 6.38. The van der Waals surface area contributed by atoms with Crippen molar-refractivity contribution in [3.8, 4) is 5.69 Å². The van der Waals surface area contributed by atoms with Crippen LogP contribution in [0.1, 0.15) is 56.7 Å². The predicted octanol–water partition coefficient (Wildman–Crippen LogP) is 2.79. The molecule has 0 atom stereocenters. The first-order valence-corrected chi connectivity index (χ1v) is 9.13. The number of benzene rings is 1. The van der Waals surface area contributed by atoms with E-state index in [-0.39, 0.29) is 5.91 Å². The maximum atomic E-state index is 12.6. The summed E-state index contributed by atoms with van der Waals surface area (Å²) >= 11 is 6.34. The Hall–Kier alpha value is -1.99. The summed E-state index contributed by atoms with van der Waals surface area (Å²) in [6.45, 7) is 0. The van der Waals surface area contributed by atoms with E-state index in [0.717, 1.165) is 50.8 Å². The highest BCUT2D eigenvalue weighted by Gasteiger charge is 2.35. The predicted molar refractivity (Wildman–Crippen MR) is 94.8 cm³/mol. The summed E-state index contributed by atoms with van der Waals surface area (Å²) in [5.41, 5.74) is 6.84. The van der Waals surface area contributed by atoms with Crippen LogP contribution in [0, 0.1) is 0 Å². The van der Waals surface area contributed by atoms with Crippen LogP contribution in [0.4, 0.5) is 5.69 Å². The maximum absolute atomic E-state index is 12.6. The van der Waals surface area contributed by atoms with Gasteiger partial charge in [0, 0.05) is 11.6 Å². The first-order chi connectivity index (χ1) is 12.1. The average Bonchev–Trinajstić information content (AvgIpc) is 3.34. The molecule has 0 aliphatic heterocycles. The number of nitrogens with zero attached hydrogens (tertiary/aromatic N) is 4. The van der Waals surface area contributed by atoms with Crippen LogP contribution >= 0.6 is 11.6 Å². The molecule has 0 saturated heterocycles. The smallest absolute Gasteiger partial charge is 0.244 e. The normalized spacial score (nSPS) is 19.6. The zero-order valence-electron chi connectivity index (χ0n) is 13.9. The summed E-state index contributed by atoms with van der Waals surface area (Å²) in [6, 6.07) is 5.32. The molecule has 0 bridgehead atoms. The highest BCUT2D eigenvalue weighted by molar-refractivity contribution is 6.32. The van der Waals surface area contributed by atoms with Crippen molar-refractivity contribution in [1.29, 1.82) is 0 Å². The molecule has 8 heteroatoms. The second-order valence-corrected chi connectivity index (χ2v) is 7.47. The van der Waals surface area contributed by atoms with Gasteiger partial charge in [-0.3, -0.25) is 4.79 Å². The number of carbonyl (C=O) groups is 1. The third-order valence-corrected chi connectivity index (χ3v) is 5.39. The molecular weight excluding hydrogens is 340 g/mol. The monoisotopic (exact) mass is 360 g/mol. The standard InChI is InChI=1S/C17H21ClN6O/c18-13-7-6-12(20-16(25)17(19)8-2-1-3-9-17)10-14(13)24-15(11-4-5-11)21-22-23-24/h6-7,10-11H,1-5,8-9,19H2,(H,20,25). The molecule has 1 aromatic heterocycles. The van der Waals surface area contributed by atoms with E-state index in [4.69, 9.17) is 17.3 Å². The van der Waals surface area contributed by atoms with Crippen molar-refractivity contribution in [1.82, 2.24) is 20.2 Å². The van der Waals surface area contributed by atoms with Crippen LogP contribution in [0.15, 0.2) is 18.2 Å². The van der Waals surface area contributed by atoms with E-state index in [1.807, 2.05) is 0 Å². The highest BCUT2D eigenvalue weighted by atomic mass is 35.5. The SMILES string of the molecule is NC1(C(=O)Nc2ccc(Cl)c(-n3nnnc3C3CC3)c2)CCCCC1. The highest BCUT2D eigenvalue weighted by Crippen LogP contribution is 2.40. The lowest BCUT2D eigenvalue weighted by Crippen LogP contribution is -2.52. The van der Waals surface area contributed by atoms with E-state index in [0.29, 0.717) is 22.3 Å². The van der Waals surface area contributed by atoms with Gasteiger partial charge in [-0.05, 0) is 54.3 Å². The Morgan fingerprint density at radius 3 is 2.76 bits per heavy atom. The molecule has 0 radical (unpaired) electrons. The van der Waals surface area contributed by atoms with Gasteiger partial charge in [-0.25, -0.2) is 0 Å². The minimum absolute atomic E-state index is 0.139. The van der Waals surface area contributed by atoms with Crippen molar-refractivity contribution in [3.05, 3.63) is 29.0 Å². The zero-order valence-corrected chi connectivity index (χ0v) is 14.7. The number of amides is 1. The summed E-state index contributed by atoms with van der Waals surface area (Å²) in [6.07, 6.45) is 6.74. The third kappa shape index (κ3) is 3.26. The lowest BCUT2D eigenvalue weighted by atomic mass is 9.82. The number of tetrazole rings is 1. The molecule has 7 nitrogen and oxygen atoms in total. The largest absolute Gasteiger partial charge is 0.324 e.